The van der Waals surface area contributed by atoms with Gasteiger partial charge in [0.25, 0.3) is 5.56 Å². The van der Waals surface area contributed by atoms with Crippen molar-refractivity contribution >= 4 is 31.8 Å². The van der Waals surface area contributed by atoms with Crippen molar-refractivity contribution in [1.29, 1.82) is 0 Å². The first-order valence-corrected chi connectivity index (χ1v) is 12.3. The van der Waals surface area contributed by atoms with Gasteiger partial charge in [0, 0.05) is 25.2 Å². The second-order valence-corrected chi connectivity index (χ2v) is 9.68. The van der Waals surface area contributed by atoms with Crippen molar-refractivity contribution in [2.75, 3.05) is 26.7 Å². The lowest BCUT2D eigenvalue weighted by atomic mass is 9.97. The van der Waals surface area contributed by atoms with Gasteiger partial charge in [0.1, 0.15) is 16.0 Å². The summed E-state index contributed by atoms with van der Waals surface area (Å²) in [6, 6.07) is 12.1. The molecule has 0 unspecified atom stereocenters. The van der Waals surface area contributed by atoms with E-state index in [2.05, 4.69) is 27.0 Å². The molecule has 1 fully saturated rings. The quantitative estimate of drug-likeness (QED) is 0.399. The van der Waals surface area contributed by atoms with Gasteiger partial charge in [0.15, 0.2) is 0 Å². The van der Waals surface area contributed by atoms with E-state index < -0.39 is 0 Å². The molecular weight excluding hydrogens is 436 g/mol. The van der Waals surface area contributed by atoms with E-state index in [0.717, 1.165) is 55.8 Å². The molecule has 7 nitrogen and oxygen atoms in total. The Morgan fingerprint density at radius 2 is 1.97 bits per heavy atom. The molecule has 0 amide bonds. The Morgan fingerprint density at radius 1 is 1.12 bits per heavy atom. The number of likely N-dealkylation sites (tertiary alicyclic amines) is 1. The first-order valence-electron chi connectivity index (χ1n) is 11.5. The van der Waals surface area contributed by atoms with Gasteiger partial charge in [-0.1, -0.05) is 24.6 Å². The number of fused-ring (bicyclic) bond motifs is 3. The van der Waals surface area contributed by atoms with E-state index in [4.69, 9.17) is 4.74 Å². The van der Waals surface area contributed by atoms with Crippen LogP contribution in [0.4, 0.5) is 0 Å². The number of H-pyrrole nitrogens is 1. The maximum absolute atomic E-state index is 12.9. The van der Waals surface area contributed by atoms with Crippen LogP contribution < -0.4 is 16.0 Å². The van der Waals surface area contributed by atoms with Gasteiger partial charge in [-0.2, -0.15) is 0 Å². The van der Waals surface area contributed by atoms with E-state index in [-0.39, 0.29) is 11.2 Å². The Balaban J connectivity index is 1.16. The summed E-state index contributed by atoms with van der Waals surface area (Å²) < 4.78 is 8.36. The first-order chi connectivity index (χ1) is 16.2. The fraction of sp³-hybridized carbons (Fsp3) is 0.400. The number of nitrogens with one attached hydrogen (secondary N) is 1. The Hall–Kier alpha value is -2.97. The number of aromatic amines is 1. The molecule has 3 aromatic heterocycles. The predicted octanol–water partition coefficient (Wildman–Crippen LogP) is 3.97. The molecule has 1 atom stereocenters. The molecular formula is C25H28N4O3S. The van der Waals surface area contributed by atoms with Gasteiger partial charge in [0.2, 0.25) is 0 Å². The lowest BCUT2D eigenvalue weighted by molar-refractivity contribution is 0.321. The summed E-state index contributed by atoms with van der Waals surface area (Å²) in [6.45, 7) is 3.63. The van der Waals surface area contributed by atoms with Crippen LogP contribution in [0.25, 0.3) is 20.4 Å². The van der Waals surface area contributed by atoms with E-state index in [0.29, 0.717) is 28.2 Å². The van der Waals surface area contributed by atoms with Crippen molar-refractivity contribution in [3.8, 4) is 5.75 Å². The average molecular weight is 465 g/mol. The zero-order valence-corrected chi connectivity index (χ0v) is 19.6. The lowest BCUT2D eigenvalue weighted by Crippen LogP contribution is -2.34. The minimum atomic E-state index is -0.350. The van der Waals surface area contributed by atoms with Gasteiger partial charge in [-0.15, -0.1) is 11.3 Å². The number of nitrogens with zero attached hydrogens (tertiary/aromatic N) is 3. The van der Waals surface area contributed by atoms with Crippen molar-refractivity contribution < 1.29 is 4.74 Å². The van der Waals surface area contributed by atoms with Crippen LogP contribution >= 0.6 is 11.3 Å². The van der Waals surface area contributed by atoms with Crippen LogP contribution in [0.2, 0.25) is 0 Å². The summed E-state index contributed by atoms with van der Waals surface area (Å²) in [6.07, 6.45) is 5.67. The molecule has 1 saturated heterocycles. The van der Waals surface area contributed by atoms with Crippen molar-refractivity contribution in [3.05, 3.63) is 69.0 Å². The van der Waals surface area contributed by atoms with E-state index in [1.54, 1.807) is 13.3 Å². The molecule has 4 heterocycles. The number of benzene rings is 1. The van der Waals surface area contributed by atoms with Gasteiger partial charge in [0.05, 0.1) is 17.3 Å². The number of aromatic nitrogens is 3. The Morgan fingerprint density at radius 3 is 2.85 bits per heavy atom. The second kappa shape index (κ2) is 9.49. The number of unbranched alkanes of at least 4 members (excludes halogenated alkanes) is 2. The summed E-state index contributed by atoms with van der Waals surface area (Å²) in [5.41, 5.74) is 1.98. The van der Waals surface area contributed by atoms with Crippen molar-refractivity contribution in [2.24, 2.45) is 0 Å². The summed E-state index contributed by atoms with van der Waals surface area (Å²) in [7, 11) is 1.73. The molecule has 1 N–H and O–H groups in total. The Bertz CT molecular complexity index is 1390. The molecule has 0 aliphatic carbocycles. The molecule has 1 aromatic carbocycles. The number of ether oxygens (including phenoxy) is 1. The van der Waals surface area contributed by atoms with Crippen LogP contribution in [-0.4, -0.2) is 46.2 Å². The smallest absolute Gasteiger partial charge is 0.328 e. The third-order valence-electron chi connectivity index (χ3n) is 6.57. The van der Waals surface area contributed by atoms with Crippen molar-refractivity contribution in [2.45, 2.75) is 38.1 Å². The highest BCUT2D eigenvalue weighted by atomic mass is 32.1. The van der Waals surface area contributed by atoms with Crippen LogP contribution in [-0.2, 0) is 6.54 Å². The number of hydrogen-bond acceptors (Lipinski definition) is 6. The molecule has 8 heteroatoms. The van der Waals surface area contributed by atoms with Crippen LogP contribution in [0, 0.1) is 0 Å². The maximum Gasteiger partial charge on any atom is 0.328 e. The normalized spacial score (nSPS) is 16.7. The highest BCUT2D eigenvalue weighted by molar-refractivity contribution is 7.25. The fourth-order valence-corrected chi connectivity index (χ4v) is 5.93. The molecule has 4 aromatic rings. The van der Waals surface area contributed by atoms with Crippen molar-refractivity contribution in [3.63, 3.8) is 0 Å². The van der Waals surface area contributed by atoms with E-state index in [1.165, 1.54) is 21.5 Å². The largest absolute Gasteiger partial charge is 0.496 e. The molecule has 1 aliphatic rings. The summed E-state index contributed by atoms with van der Waals surface area (Å²) >= 11 is 1.39. The highest BCUT2D eigenvalue weighted by Gasteiger charge is 2.25. The number of methoxy groups -OCH3 is 1. The average Bonchev–Trinajstić information content (AvgIpc) is 3.46. The number of pyridine rings is 1. The van der Waals surface area contributed by atoms with Crippen LogP contribution in [0.3, 0.4) is 0 Å². The lowest BCUT2D eigenvalue weighted by Gasteiger charge is -2.17. The molecule has 33 heavy (non-hydrogen) atoms. The molecule has 0 radical (unpaired) electrons. The fourth-order valence-electron chi connectivity index (χ4n) is 4.86. The van der Waals surface area contributed by atoms with Gasteiger partial charge >= 0.3 is 5.69 Å². The molecule has 1 aliphatic heterocycles. The standard InChI is InChI=1S/C25H28N4O3S/c1-32-19-9-4-3-8-18(19)17-11-15-28(16-17)13-5-2-6-14-29-24(30)23-22(27-25(29)31)21-20(33-23)10-7-12-26-21/h3-4,7-10,12,17H,2,5-6,11,13-16H2,1H3,(H,27,31)/t17-/m0/s1. The Labute approximate surface area is 195 Å². The maximum atomic E-state index is 12.9. The predicted molar refractivity (Wildman–Crippen MR) is 133 cm³/mol. The third kappa shape index (κ3) is 4.32. The van der Waals surface area contributed by atoms with Gasteiger partial charge in [-0.25, -0.2) is 4.79 Å². The minimum Gasteiger partial charge on any atom is -0.496 e. The number of thiophene rings is 1. The molecule has 0 bridgehead atoms. The zero-order valence-electron chi connectivity index (χ0n) is 18.8. The SMILES string of the molecule is COc1ccccc1[C@H]1CCN(CCCCCn2c(=O)[nH]c3c(sc4cccnc43)c2=O)C1. The highest BCUT2D eigenvalue weighted by Crippen LogP contribution is 2.33. The topological polar surface area (TPSA) is 80.2 Å². The van der Waals surface area contributed by atoms with Gasteiger partial charge < -0.3 is 14.6 Å². The Kier molecular flexibility index (Phi) is 6.28. The van der Waals surface area contributed by atoms with Crippen LogP contribution in [0.15, 0.2) is 52.2 Å². The minimum absolute atomic E-state index is 0.212. The number of para-hydroxylation sites is 1. The monoisotopic (exact) mass is 464 g/mol. The number of hydrogen-bond donors (Lipinski definition) is 1. The van der Waals surface area contributed by atoms with Crippen molar-refractivity contribution in [1.82, 2.24) is 19.4 Å². The van der Waals surface area contributed by atoms with E-state index in [9.17, 15) is 9.59 Å². The molecule has 0 saturated carbocycles. The van der Waals surface area contributed by atoms with E-state index >= 15 is 0 Å². The zero-order chi connectivity index (χ0) is 22.8. The third-order valence-corrected chi connectivity index (χ3v) is 7.70. The van der Waals surface area contributed by atoms with Crippen LogP contribution in [0.1, 0.15) is 37.2 Å². The summed E-state index contributed by atoms with van der Waals surface area (Å²) in [5, 5.41) is 0. The molecule has 0 spiro atoms. The molecule has 5 rings (SSSR count). The first kappa shape index (κ1) is 21.9. The summed E-state index contributed by atoms with van der Waals surface area (Å²) in [4.78, 5) is 35.2. The number of rotatable bonds is 8. The van der Waals surface area contributed by atoms with Gasteiger partial charge in [-0.05, 0) is 56.1 Å². The molecule has 172 valence electrons. The van der Waals surface area contributed by atoms with Crippen LogP contribution in [0.5, 0.6) is 5.75 Å². The van der Waals surface area contributed by atoms with Gasteiger partial charge in [-0.3, -0.25) is 14.3 Å². The summed E-state index contributed by atoms with van der Waals surface area (Å²) in [5.74, 6) is 1.49. The second-order valence-electron chi connectivity index (χ2n) is 8.63. The van der Waals surface area contributed by atoms with E-state index in [1.807, 2.05) is 24.3 Å².